The molecule has 0 saturated carbocycles. The second-order valence-corrected chi connectivity index (χ2v) is 10.6. The molecular formula is C21H26Zr. The van der Waals surface area contributed by atoms with Gasteiger partial charge in [-0.2, -0.15) is 0 Å². The molecule has 0 aliphatic heterocycles. The number of allylic oxidation sites excluding steroid dienone is 8. The summed E-state index contributed by atoms with van der Waals surface area (Å²) in [5.74, 6) is 1.42. The Kier molecular flexibility index (Phi) is 4.54. The van der Waals surface area contributed by atoms with Crippen LogP contribution >= 0.6 is 0 Å². The van der Waals surface area contributed by atoms with Crippen molar-refractivity contribution in [1.82, 2.24) is 0 Å². The molecule has 0 radical (unpaired) electrons. The number of rotatable bonds is 2. The van der Waals surface area contributed by atoms with Crippen LogP contribution < -0.4 is 0 Å². The van der Waals surface area contributed by atoms with E-state index in [0.717, 1.165) is 0 Å². The Morgan fingerprint density at radius 2 is 1.36 bits per heavy atom. The van der Waals surface area contributed by atoms with Crippen LogP contribution in [0.3, 0.4) is 0 Å². The van der Waals surface area contributed by atoms with Crippen LogP contribution in [-0.2, 0) is 22.3 Å². The summed E-state index contributed by atoms with van der Waals surface area (Å²) >= 11 is -0.505. The van der Waals surface area contributed by atoms with E-state index in [1.165, 1.54) is 51.4 Å². The van der Waals surface area contributed by atoms with Gasteiger partial charge in [0.15, 0.2) is 0 Å². The molecule has 0 heterocycles. The average molecular weight is 370 g/mol. The van der Waals surface area contributed by atoms with E-state index < -0.39 is 22.3 Å². The third-order valence-electron chi connectivity index (χ3n) is 5.82. The van der Waals surface area contributed by atoms with Crippen molar-refractivity contribution in [3.8, 4) is 0 Å². The van der Waals surface area contributed by atoms with E-state index in [0.29, 0.717) is 11.8 Å². The van der Waals surface area contributed by atoms with Crippen LogP contribution in [0.5, 0.6) is 0 Å². The fraction of sp³-hybridized carbons (Fsp3) is 0.524. The molecule has 114 valence electrons. The van der Waals surface area contributed by atoms with Crippen LogP contribution in [-0.4, -0.2) is 6.91 Å². The summed E-state index contributed by atoms with van der Waals surface area (Å²) in [7, 11) is 0. The third kappa shape index (κ3) is 2.64. The van der Waals surface area contributed by atoms with Crippen molar-refractivity contribution in [2.24, 2.45) is 11.8 Å². The molecule has 2 unspecified atom stereocenters. The molecule has 0 aromatic heterocycles. The molecule has 4 aliphatic carbocycles. The monoisotopic (exact) mass is 368 g/mol. The molecule has 0 fully saturated rings. The molecule has 0 spiro atoms. The van der Waals surface area contributed by atoms with E-state index in [1.54, 1.807) is 11.1 Å². The summed E-state index contributed by atoms with van der Waals surface area (Å²) in [6.45, 7) is 2.30. The summed E-state index contributed by atoms with van der Waals surface area (Å²) in [4.78, 5) is 0. The second-order valence-electron chi connectivity index (χ2n) is 7.08. The number of hydrogen-bond acceptors (Lipinski definition) is 0. The summed E-state index contributed by atoms with van der Waals surface area (Å²) in [6, 6.07) is 0. The standard InChI is InChI=1S/C19H22.C2H4.Zr/c1-3-7-18-14(5-1)9-11-16(18)13-17-12-10-15-6-2-4-8-19(15)17;1-2;/h9-12,16-17H,1-8H2;1H,2H3;. The summed E-state index contributed by atoms with van der Waals surface area (Å²) in [5, 5.41) is 0. The van der Waals surface area contributed by atoms with Gasteiger partial charge < -0.3 is 0 Å². The van der Waals surface area contributed by atoms with Gasteiger partial charge in [-0.1, -0.05) is 0 Å². The third-order valence-corrected chi connectivity index (χ3v) is 8.88. The first-order valence-electron chi connectivity index (χ1n) is 9.10. The first-order valence-corrected chi connectivity index (χ1v) is 11.7. The van der Waals surface area contributed by atoms with Crippen molar-refractivity contribution in [3.63, 3.8) is 0 Å². The zero-order valence-corrected chi connectivity index (χ0v) is 16.2. The Bertz CT molecular complexity index is 612. The first kappa shape index (κ1) is 15.1. The van der Waals surface area contributed by atoms with Crippen molar-refractivity contribution in [1.29, 1.82) is 0 Å². The van der Waals surface area contributed by atoms with Gasteiger partial charge in [0.1, 0.15) is 0 Å². The maximum atomic E-state index is 2.56. The van der Waals surface area contributed by atoms with E-state index in [4.69, 9.17) is 0 Å². The van der Waals surface area contributed by atoms with Gasteiger partial charge in [0.25, 0.3) is 0 Å². The van der Waals surface area contributed by atoms with Gasteiger partial charge in [0, 0.05) is 0 Å². The molecular weight excluding hydrogens is 343 g/mol. The first-order chi connectivity index (χ1) is 10.9. The summed E-state index contributed by atoms with van der Waals surface area (Å²) in [6.07, 6.45) is 21.1. The van der Waals surface area contributed by atoms with Crippen molar-refractivity contribution >= 4 is 6.91 Å². The van der Waals surface area contributed by atoms with E-state index in [9.17, 15) is 0 Å². The zero-order valence-electron chi connectivity index (χ0n) is 13.7. The van der Waals surface area contributed by atoms with Crippen molar-refractivity contribution in [2.75, 3.05) is 0 Å². The molecule has 2 atom stereocenters. The zero-order chi connectivity index (χ0) is 14.9. The maximum absolute atomic E-state index is 2.56. The SMILES string of the molecule is C[CH]=[Zr]=[C](C1C=CC2=C1CCCC2)C1C=CC2=C1CCCC2. The molecule has 0 aromatic carbocycles. The Hall–Kier alpha value is -0.417. The Balaban J connectivity index is 1.71. The summed E-state index contributed by atoms with van der Waals surface area (Å²) in [5.41, 5.74) is 7.01. The van der Waals surface area contributed by atoms with Gasteiger partial charge in [0.05, 0.1) is 0 Å². The molecule has 0 bridgehead atoms. The molecule has 0 nitrogen and oxygen atoms in total. The fourth-order valence-corrected chi connectivity index (χ4v) is 7.81. The van der Waals surface area contributed by atoms with Gasteiger partial charge in [0.2, 0.25) is 0 Å². The van der Waals surface area contributed by atoms with Crippen LogP contribution in [0, 0.1) is 11.8 Å². The predicted octanol–water partition coefficient (Wildman–Crippen LogP) is 5.18. The number of hydrogen-bond donors (Lipinski definition) is 0. The van der Waals surface area contributed by atoms with Gasteiger partial charge in [-0.25, -0.2) is 0 Å². The van der Waals surface area contributed by atoms with E-state index in [2.05, 4.69) is 34.9 Å². The Morgan fingerprint density at radius 3 is 1.86 bits per heavy atom. The van der Waals surface area contributed by atoms with Crippen molar-refractivity contribution in [2.45, 2.75) is 58.3 Å². The topological polar surface area (TPSA) is 0 Å². The minimum atomic E-state index is -0.505. The molecule has 4 rings (SSSR count). The molecule has 0 N–H and O–H groups in total. The quantitative estimate of drug-likeness (QED) is 0.629. The van der Waals surface area contributed by atoms with Gasteiger partial charge >= 0.3 is 146 Å². The molecule has 0 aromatic rings. The minimum absolute atomic E-state index is 0.505. The van der Waals surface area contributed by atoms with Crippen LogP contribution in [0.2, 0.25) is 0 Å². The summed E-state index contributed by atoms with van der Waals surface area (Å²) < 4.78 is 4.47. The van der Waals surface area contributed by atoms with Gasteiger partial charge in [-0.05, 0) is 0 Å². The molecule has 0 amide bonds. The molecule has 4 aliphatic rings. The Labute approximate surface area is 145 Å². The molecule has 1 heteroatoms. The van der Waals surface area contributed by atoms with E-state index in [1.807, 2.05) is 14.4 Å². The van der Waals surface area contributed by atoms with Gasteiger partial charge in [-0.3, -0.25) is 0 Å². The van der Waals surface area contributed by atoms with Crippen LogP contribution in [0.4, 0.5) is 0 Å². The second kappa shape index (κ2) is 6.60. The Morgan fingerprint density at radius 1 is 0.864 bits per heavy atom. The van der Waals surface area contributed by atoms with Crippen molar-refractivity contribution in [3.05, 3.63) is 46.6 Å². The normalized spacial score (nSPS) is 29.5. The van der Waals surface area contributed by atoms with Crippen LogP contribution in [0.25, 0.3) is 0 Å². The van der Waals surface area contributed by atoms with Gasteiger partial charge in [-0.15, -0.1) is 0 Å². The molecule has 22 heavy (non-hydrogen) atoms. The molecule has 0 saturated heterocycles. The fourth-order valence-electron chi connectivity index (χ4n) is 4.77. The van der Waals surface area contributed by atoms with Crippen LogP contribution in [0.15, 0.2) is 46.6 Å². The van der Waals surface area contributed by atoms with E-state index in [-0.39, 0.29) is 0 Å². The van der Waals surface area contributed by atoms with E-state index >= 15 is 0 Å². The van der Waals surface area contributed by atoms with Crippen molar-refractivity contribution < 1.29 is 22.3 Å². The average Bonchev–Trinajstić information content (AvgIpc) is 3.17. The predicted molar refractivity (Wildman–Crippen MR) is 93.0 cm³/mol. The van der Waals surface area contributed by atoms with Crippen LogP contribution in [0.1, 0.15) is 58.3 Å².